The average Bonchev–Trinajstić information content (AvgIpc) is 3.60. The first-order chi connectivity index (χ1) is 13.8. The molecule has 3 heterocycles. The van der Waals surface area contributed by atoms with Crippen LogP contribution in [0.1, 0.15) is 79.7 Å². The standard InChI is InChI=1S/C23H28N4OS/c1-14-20-18(22(28)26(17-7-8-17)12-15-9-10-29-13-15)11-19(16-5-6-16)24-21(20)27(25-14)23(2,3)4/h9-11,13,16-17H,5-8,12H2,1-4H3. The van der Waals surface area contributed by atoms with Crippen LogP contribution in [0.2, 0.25) is 0 Å². The Labute approximate surface area is 175 Å². The van der Waals surface area contributed by atoms with Crippen LogP contribution in [-0.4, -0.2) is 31.6 Å². The van der Waals surface area contributed by atoms with Gasteiger partial charge in [0, 0.05) is 24.2 Å². The maximum Gasteiger partial charge on any atom is 0.255 e. The lowest BCUT2D eigenvalue weighted by atomic mass is 10.0. The lowest BCUT2D eigenvalue weighted by Crippen LogP contribution is -2.33. The van der Waals surface area contributed by atoms with Gasteiger partial charge in [-0.3, -0.25) is 4.79 Å². The number of nitrogens with zero attached hydrogens (tertiary/aromatic N) is 4. The van der Waals surface area contributed by atoms with Crippen LogP contribution in [0.4, 0.5) is 0 Å². The van der Waals surface area contributed by atoms with E-state index < -0.39 is 0 Å². The molecule has 2 aliphatic carbocycles. The molecule has 5 nitrogen and oxygen atoms in total. The number of amides is 1. The number of fused-ring (bicyclic) bond motifs is 1. The Morgan fingerprint density at radius 2 is 2.03 bits per heavy atom. The maximum absolute atomic E-state index is 13.8. The molecule has 29 heavy (non-hydrogen) atoms. The van der Waals surface area contributed by atoms with Crippen LogP contribution in [0, 0.1) is 6.92 Å². The highest BCUT2D eigenvalue weighted by Crippen LogP contribution is 2.41. The highest BCUT2D eigenvalue weighted by molar-refractivity contribution is 7.07. The van der Waals surface area contributed by atoms with E-state index in [2.05, 4.69) is 48.6 Å². The van der Waals surface area contributed by atoms with Gasteiger partial charge < -0.3 is 4.90 Å². The van der Waals surface area contributed by atoms with Crippen LogP contribution in [0.15, 0.2) is 22.9 Å². The van der Waals surface area contributed by atoms with Crippen molar-refractivity contribution in [2.24, 2.45) is 0 Å². The first-order valence-electron chi connectivity index (χ1n) is 10.6. The summed E-state index contributed by atoms with van der Waals surface area (Å²) in [7, 11) is 0. The van der Waals surface area contributed by atoms with Crippen molar-refractivity contribution >= 4 is 28.3 Å². The smallest absolute Gasteiger partial charge is 0.255 e. The molecule has 0 atom stereocenters. The molecule has 0 aromatic carbocycles. The molecule has 6 heteroatoms. The number of hydrogen-bond acceptors (Lipinski definition) is 4. The molecule has 0 unspecified atom stereocenters. The lowest BCUT2D eigenvalue weighted by Gasteiger charge is -2.23. The maximum atomic E-state index is 13.8. The van der Waals surface area contributed by atoms with Crippen molar-refractivity contribution in [1.82, 2.24) is 19.7 Å². The summed E-state index contributed by atoms with van der Waals surface area (Å²) in [5.41, 5.74) is 4.61. The Morgan fingerprint density at radius 1 is 1.28 bits per heavy atom. The van der Waals surface area contributed by atoms with Gasteiger partial charge in [0.25, 0.3) is 5.91 Å². The number of rotatable bonds is 5. The number of aryl methyl sites for hydroxylation is 1. The van der Waals surface area contributed by atoms with Crippen LogP contribution < -0.4 is 0 Å². The van der Waals surface area contributed by atoms with E-state index in [-0.39, 0.29) is 11.4 Å². The predicted octanol–water partition coefficient (Wildman–Crippen LogP) is 5.24. The topological polar surface area (TPSA) is 51.0 Å². The second kappa shape index (κ2) is 6.66. The minimum absolute atomic E-state index is 0.129. The molecule has 0 aliphatic heterocycles. The summed E-state index contributed by atoms with van der Waals surface area (Å²) < 4.78 is 2.00. The summed E-state index contributed by atoms with van der Waals surface area (Å²) in [6.07, 6.45) is 4.52. The van der Waals surface area contributed by atoms with E-state index in [1.807, 2.05) is 11.6 Å². The molecule has 3 aromatic heterocycles. The number of aromatic nitrogens is 3. The van der Waals surface area contributed by atoms with Gasteiger partial charge >= 0.3 is 0 Å². The van der Waals surface area contributed by atoms with Crippen molar-refractivity contribution in [3.63, 3.8) is 0 Å². The highest BCUT2D eigenvalue weighted by atomic mass is 32.1. The SMILES string of the molecule is Cc1nn(C(C)(C)C)c2nc(C3CC3)cc(C(=O)N(Cc3ccsc3)C3CC3)c12. The van der Waals surface area contributed by atoms with Crippen LogP contribution in [-0.2, 0) is 12.1 Å². The van der Waals surface area contributed by atoms with Gasteiger partial charge in [-0.25, -0.2) is 9.67 Å². The van der Waals surface area contributed by atoms with Crippen molar-refractivity contribution in [3.8, 4) is 0 Å². The normalized spacial score (nSPS) is 17.1. The summed E-state index contributed by atoms with van der Waals surface area (Å²) in [4.78, 5) is 20.9. The van der Waals surface area contributed by atoms with Gasteiger partial charge in [-0.2, -0.15) is 16.4 Å². The van der Waals surface area contributed by atoms with Crippen molar-refractivity contribution < 1.29 is 4.79 Å². The Morgan fingerprint density at radius 3 is 2.62 bits per heavy atom. The summed E-state index contributed by atoms with van der Waals surface area (Å²) in [6.45, 7) is 9.10. The summed E-state index contributed by atoms with van der Waals surface area (Å²) in [5.74, 6) is 0.616. The van der Waals surface area contributed by atoms with Crippen molar-refractivity contribution in [2.75, 3.05) is 0 Å². The molecule has 152 valence electrons. The minimum atomic E-state index is -0.186. The molecule has 0 spiro atoms. The Hall–Kier alpha value is -2.21. The molecule has 2 saturated carbocycles. The minimum Gasteiger partial charge on any atom is -0.331 e. The monoisotopic (exact) mass is 408 g/mol. The fourth-order valence-electron chi connectivity index (χ4n) is 4.02. The van der Waals surface area contributed by atoms with E-state index in [4.69, 9.17) is 10.1 Å². The van der Waals surface area contributed by atoms with E-state index in [0.29, 0.717) is 18.5 Å². The number of carbonyl (C=O) groups is 1. The molecule has 5 rings (SSSR count). The summed E-state index contributed by atoms with van der Waals surface area (Å²) in [6, 6.07) is 4.54. The second-order valence-corrected chi connectivity index (χ2v) is 10.3. The fraction of sp³-hybridized carbons (Fsp3) is 0.522. The van der Waals surface area contributed by atoms with Gasteiger partial charge in [-0.1, -0.05) is 0 Å². The van der Waals surface area contributed by atoms with Gasteiger partial charge in [-0.05, 0) is 81.8 Å². The second-order valence-electron chi connectivity index (χ2n) is 9.53. The van der Waals surface area contributed by atoms with Gasteiger partial charge in [0.05, 0.1) is 22.2 Å². The van der Waals surface area contributed by atoms with E-state index in [9.17, 15) is 4.79 Å². The van der Waals surface area contributed by atoms with Gasteiger partial charge in [0.15, 0.2) is 5.65 Å². The van der Waals surface area contributed by atoms with Crippen LogP contribution in [0.25, 0.3) is 11.0 Å². The summed E-state index contributed by atoms with van der Waals surface area (Å²) in [5, 5.41) is 9.95. The largest absolute Gasteiger partial charge is 0.331 e. The zero-order valence-corrected chi connectivity index (χ0v) is 18.4. The number of pyridine rings is 1. The van der Waals surface area contributed by atoms with Crippen LogP contribution >= 0.6 is 11.3 Å². The van der Waals surface area contributed by atoms with Crippen LogP contribution in [0.3, 0.4) is 0 Å². The van der Waals surface area contributed by atoms with Crippen LogP contribution in [0.5, 0.6) is 0 Å². The van der Waals surface area contributed by atoms with E-state index in [0.717, 1.165) is 53.7 Å². The number of hydrogen-bond donors (Lipinski definition) is 0. The molecule has 2 fully saturated rings. The zero-order valence-electron chi connectivity index (χ0n) is 17.6. The molecule has 0 bridgehead atoms. The third kappa shape index (κ3) is 3.48. The number of thiophene rings is 1. The highest BCUT2D eigenvalue weighted by Gasteiger charge is 2.36. The van der Waals surface area contributed by atoms with E-state index in [1.165, 1.54) is 5.56 Å². The third-order valence-corrected chi connectivity index (χ3v) is 6.61. The molecule has 2 aliphatic rings. The molecule has 0 radical (unpaired) electrons. The molecule has 0 saturated heterocycles. The van der Waals surface area contributed by atoms with E-state index >= 15 is 0 Å². The third-order valence-electron chi connectivity index (χ3n) is 5.88. The quantitative estimate of drug-likeness (QED) is 0.580. The molecule has 0 N–H and O–H groups in total. The Balaban J connectivity index is 1.64. The van der Waals surface area contributed by atoms with Crippen molar-refractivity contribution in [1.29, 1.82) is 0 Å². The Kier molecular flexibility index (Phi) is 4.32. The first kappa shape index (κ1) is 18.8. The molecule has 1 amide bonds. The average molecular weight is 409 g/mol. The van der Waals surface area contributed by atoms with Crippen molar-refractivity contribution in [2.45, 2.75) is 77.4 Å². The Bertz CT molecular complexity index is 1070. The summed E-state index contributed by atoms with van der Waals surface area (Å²) >= 11 is 1.69. The lowest BCUT2D eigenvalue weighted by molar-refractivity contribution is 0.0732. The molecule has 3 aromatic rings. The fourth-order valence-corrected chi connectivity index (χ4v) is 4.68. The zero-order chi connectivity index (χ0) is 20.3. The van der Waals surface area contributed by atoms with Gasteiger partial charge in [0.1, 0.15) is 0 Å². The molecular formula is C23H28N4OS. The van der Waals surface area contributed by atoms with Gasteiger partial charge in [-0.15, -0.1) is 0 Å². The van der Waals surface area contributed by atoms with Crippen molar-refractivity contribution in [3.05, 3.63) is 45.4 Å². The first-order valence-corrected chi connectivity index (χ1v) is 11.5. The van der Waals surface area contributed by atoms with Gasteiger partial charge in [0.2, 0.25) is 0 Å². The number of carbonyl (C=O) groups excluding carboxylic acids is 1. The predicted molar refractivity (Wildman–Crippen MR) is 116 cm³/mol. The van der Waals surface area contributed by atoms with E-state index in [1.54, 1.807) is 11.3 Å². The molecular weight excluding hydrogens is 380 g/mol.